The number of carbonyl (C=O) groups is 10. The molecule has 672 valence electrons. The van der Waals surface area contributed by atoms with Crippen molar-refractivity contribution in [1.29, 1.82) is 0 Å². The maximum atomic E-state index is 16.4. The minimum absolute atomic E-state index is 0.0560. The van der Waals surface area contributed by atoms with Gasteiger partial charge in [-0.3, -0.25) is 57.8 Å². The van der Waals surface area contributed by atoms with Crippen molar-refractivity contribution >= 4 is 111 Å². The Labute approximate surface area is 738 Å². The van der Waals surface area contributed by atoms with Gasteiger partial charge in [0.25, 0.3) is 17.7 Å². The number of primary amides is 1. The maximum Gasteiger partial charge on any atom is 0.270 e. The number of hydroxylamine groups is 1. The highest BCUT2D eigenvalue weighted by molar-refractivity contribution is 6.35. The van der Waals surface area contributed by atoms with Crippen LogP contribution in [0.2, 0.25) is 20.1 Å². The van der Waals surface area contributed by atoms with Crippen LogP contribution in [0.1, 0.15) is 121 Å². The lowest BCUT2D eigenvalue weighted by molar-refractivity contribution is -0.334. The number of aromatic nitrogens is 1. The molecule has 0 radical (unpaired) electrons. The number of rotatable bonds is 21. The van der Waals surface area contributed by atoms with Crippen LogP contribution in [0.15, 0.2) is 116 Å². The van der Waals surface area contributed by atoms with Crippen LogP contribution < -0.4 is 73.3 Å². The molecule has 11 bridgehead atoms. The first kappa shape index (κ1) is 93.8. The van der Waals surface area contributed by atoms with E-state index in [9.17, 15) is 69.9 Å². The number of nitrogens with one attached hydrogen (secondary N) is 10. The average Bonchev–Trinajstić information content (AvgIpc) is 0.766. The first-order chi connectivity index (χ1) is 59.7. The lowest BCUT2D eigenvalue weighted by atomic mass is 9.84. The van der Waals surface area contributed by atoms with Crippen molar-refractivity contribution in [2.45, 2.75) is 163 Å². The number of hydrogen-bond donors (Lipinski definition) is 20. The van der Waals surface area contributed by atoms with E-state index in [1.165, 1.54) is 76.9 Å². The quantitative estimate of drug-likeness (QED) is 0.0460. The van der Waals surface area contributed by atoms with Gasteiger partial charge in [0, 0.05) is 77.9 Å². The molecule has 14 rings (SSSR count). The van der Waals surface area contributed by atoms with Gasteiger partial charge in [-0.1, -0.05) is 78.5 Å². The minimum atomic E-state index is -2.41. The number of likely N-dealkylation sites (N-methyl/N-ethyl adjacent to an activating group) is 2. The van der Waals surface area contributed by atoms with Gasteiger partial charge in [-0.15, -0.1) is 0 Å². The number of aliphatic hydroxyl groups is 6. The third-order valence-corrected chi connectivity index (χ3v) is 22.5. The molecule has 21 N–H and O–H groups in total. The first-order valence-electron chi connectivity index (χ1n) is 39.2. The molecule has 43 heteroatoms. The van der Waals surface area contributed by atoms with Gasteiger partial charge >= 0.3 is 0 Å². The monoisotopic (exact) mass is 1830 g/mol. The molecule has 0 spiro atoms. The number of pyridine rings is 1. The summed E-state index contributed by atoms with van der Waals surface area (Å²) in [6, 6.07) is 5.08. The zero-order valence-corrected chi connectivity index (χ0v) is 71.1. The number of halogens is 4. The van der Waals surface area contributed by atoms with Gasteiger partial charge in [-0.05, 0) is 145 Å². The Morgan fingerprint density at radius 1 is 0.698 bits per heavy atom. The second-order valence-electron chi connectivity index (χ2n) is 31.4. The highest BCUT2D eigenvalue weighted by atomic mass is 35.5. The Balaban J connectivity index is 1.03. The SMILES string of the molecule is CNC(CC(C)C)C(=O)NC1C(=O)NC(CC(N)=O)C(=O)NC2C(=O)NC3C(=O)NC(C(=O)NC(C(=O)NOCC(=O)N(C)C)c4cc(O)cc(O)c4-c4cc3ccc4O)C(O)c3ccc(c(Cl)c3)Oc3cc2cc(c3OC2OC(CO)C(O)C(O)C2OC2CC(C)(NCc3cncc(C(=O)Nc4cc(Cl)cc(Cl)c4)c3)C(O)C(C)O2)Oc2ccc(cc2Cl)C1O. The van der Waals surface area contributed by atoms with Gasteiger partial charge in [0.1, 0.15) is 95.5 Å². The highest BCUT2D eigenvalue weighted by Gasteiger charge is 2.52. The summed E-state index contributed by atoms with van der Waals surface area (Å²) in [7, 11) is 4.22. The number of phenolic OH excluding ortho intramolecular Hbond substituents is 3. The van der Waals surface area contributed by atoms with Gasteiger partial charge in [-0.2, -0.15) is 0 Å². The van der Waals surface area contributed by atoms with Gasteiger partial charge < -0.3 is 133 Å². The van der Waals surface area contributed by atoms with Crippen molar-refractivity contribution in [2.24, 2.45) is 11.7 Å². The predicted molar refractivity (Wildman–Crippen MR) is 446 cm³/mol. The van der Waals surface area contributed by atoms with Crippen LogP contribution in [0.25, 0.3) is 11.1 Å². The standard InChI is InChI=1S/C83H91Cl4N13O26/c1-33(2)14-49(89-5)75(113)97-65-67(107)37-9-12-53(47(86)17-37)122-55-19-39-20-56(71(55)126-82-72(70(110)69(109)57(31-101)124-82)125-60-27-83(4,73(111)34(3)121-60)91-29-35-15-40(30-90-28-35)74(112)92-43-22-41(84)21-42(85)23-43)123-54-13-10-38(18-48(54)87)68(108)66-80(118)96-64(81(119)99-120-32-59(106)100(6)7)46-24-44(102)25-52(104)61(46)45-16-36(8-11-51(45)103)62(77(115)98-66)95-78(116)63(39)94-76(114)50(26-58(88)105)93-79(65)117/h8-13,15-25,28,30,33-34,49-50,57,60,62-70,72-73,82,89,91,101-104,107-111H,14,26-27,29,31-32H2,1-7H3,(H2,88,105)(H,92,112)(H,93,117)(H,94,114)(H,95,116)(H,96,118)(H,97,113)(H,98,115)(H,99,119). The molecule has 8 heterocycles. The van der Waals surface area contributed by atoms with Crippen LogP contribution >= 0.6 is 46.4 Å². The Bertz CT molecular complexity index is 5350. The summed E-state index contributed by atoms with van der Waals surface area (Å²) in [5, 5.41) is 130. The number of aliphatic hydroxyl groups excluding tert-OH is 6. The number of ether oxygens (including phenoxy) is 6. The third-order valence-electron chi connectivity index (χ3n) is 21.5. The number of nitrogens with zero attached hydrogens (tertiary/aromatic N) is 2. The molecule has 6 aromatic carbocycles. The Kier molecular flexibility index (Phi) is 29.5. The van der Waals surface area contributed by atoms with Crippen molar-refractivity contribution in [3.8, 4) is 57.1 Å². The fourth-order valence-corrected chi connectivity index (χ4v) is 15.8. The second-order valence-corrected chi connectivity index (χ2v) is 33.1. The zero-order valence-electron chi connectivity index (χ0n) is 68.1. The lowest BCUT2D eigenvalue weighted by Crippen LogP contribution is -2.65. The molecule has 0 aliphatic carbocycles. The topological polar surface area (TPSA) is 580 Å². The van der Waals surface area contributed by atoms with Crippen LogP contribution in [-0.4, -0.2) is 228 Å². The van der Waals surface area contributed by atoms with Gasteiger partial charge in [-0.25, -0.2) is 5.48 Å². The summed E-state index contributed by atoms with van der Waals surface area (Å²) < 4.78 is 39.5. The summed E-state index contributed by atoms with van der Waals surface area (Å²) >= 11 is 26.8. The summed E-state index contributed by atoms with van der Waals surface area (Å²) in [5.41, 5.74) is 4.37. The number of hydrogen-bond acceptors (Lipinski definition) is 29. The molecule has 7 aromatic rings. The van der Waals surface area contributed by atoms with Gasteiger partial charge in [0.2, 0.25) is 53.4 Å². The third kappa shape index (κ3) is 21.3. The number of anilines is 1. The molecule has 126 heavy (non-hydrogen) atoms. The molecule has 2 fully saturated rings. The maximum absolute atomic E-state index is 16.4. The fourth-order valence-electron chi connectivity index (χ4n) is 14.8. The van der Waals surface area contributed by atoms with E-state index in [1.54, 1.807) is 6.92 Å². The average molecular weight is 1830 g/mol. The summed E-state index contributed by atoms with van der Waals surface area (Å²) in [4.78, 5) is 157. The summed E-state index contributed by atoms with van der Waals surface area (Å²) in [5.74, 6) is -17.2. The van der Waals surface area contributed by atoms with Crippen LogP contribution in [0.3, 0.4) is 0 Å². The van der Waals surface area contributed by atoms with E-state index >= 15 is 24.0 Å². The van der Waals surface area contributed by atoms with Crippen molar-refractivity contribution in [3.05, 3.63) is 175 Å². The van der Waals surface area contributed by atoms with E-state index in [4.69, 9.17) is 85.4 Å². The molecule has 18 atom stereocenters. The van der Waals surface area contributed by atoms with Crippen molar-refractivity contribution < 1.29 is 127 Å². The van der Waals surface area contributed by atoms with Gasteiger partial charge in [0.05, 0.1) is 46.9 Å². The minimum Gasteiger partial charge on any atom is -0.508 e. The first-order valence-corrected chi connectivity index (χ1v) is 40.7. The van der Waals surface area contributed by atoms with E-state index in [-0.39, 0.29) is 63.4 Å². The smallest absolute Gasteiger partial charge is 0.270 e. The zero-order chi connectivity index (χ0) is 91.4. The van der Waals surface area contributed by atoms with Gasteiger partial charge in [0.15, 0.2) is 30.5 Å². The summed E-state index contributed by atoms with van der Waals surface area (Å²) in [6.45, 7) is 4.87. The summed E-state index contributed by atoms with van der Waals surface area (Å²) in [6.07, 6.45) is -16.8. The normalized spacial score (nSPS) is 25.8. The van der Waals surface area contributed by atoms with E-state index in [0.29, 0.717) is 11.3 Å². The molecule has 7 aliphatic heterocycles. The number of phenols is 3. The number of amides is 10. The number of aromatic hydroxyl groups is 3. The molecule has 1 aromatic heterocycles. The van der Waals surface area contributed by atoms with Crippen LogP contribution in [-0.2, 0) is 68.7 Å². The van der Waals surface area contributed by atoms with E-state index in [0.717, 1.165) is 71.6 Å². The van der Waals surface area contributed by atoms with Crippen molar-refractivity contribution in [2.75, 3.05) is 39.7 Å². The molecular weight excluding hydrogens is 1740 g/mol. The van der Waals surface area contributed by atoms with E-state index < -0.39 is 260 Å². The molecule has 39 nitrogen and oxygen atoms in total. The Morgan fingerprint density at radius 2 is 1.33 bits per heavy atom. The number of benzene rings is 6. The largest absolute Gasteiger partial charge is 0.508 e. The fraction of sp³-hybridized carbons (Fsp3) is 0.386. The second kappa shape index (κ2) is 39.7. The molecule has 2 saturated heterocycles. The molecule has 18 unspecified atom stereocenters. The van der Waals surface area contributed by atoms with Crippen molar-refractivity contribution in [3.63, 3.8) is 0 Å². The molecular formula is C83H91Cl4N13O26. The number of carbonyl (C=O) groups excluding carboxylic acids is 10. The molecule has 0 saturated carbocycles. The van der Waals surface area contributed by atoms with E-state index in [1.807, 2.05) is 19.3 Å². The molecule has 7 aliphatic rings. The molecule has 10 amide bonds. The lowest BCUT2D eigenvalue weighted by Gasteiger charge is -2.48. The Morgan fingerprint density at radius 3 is 1.96 bits per heavy atom. The van der Waals surface area contributed by atoms with Crippen molar-refractivity contribution in [1.82, 2.24) is 57.9 Å². The number of nitrogens with two attached hydrogens (primary N) is 1. The highest BCUT2D eigenvalue weighted by Crippen LogP contribution is 2.50. The number of fused-ring (bicyclic) bond motifs is 15. The van der Waals surface area contributed by atoms with E-state index in [2.05, 4.69) is 52.8 Å². The van der Waals surface area contributed by atoms with Crippen LogP contribution in [0.4, 0.5) is 5.69 Å². The Hall–Kier alpha value is -11.4. The predicted octanol–water partition coefficient (Wildman–Crippen LogP) is 2.94. The van der Waals surface area contributed by atoms with Crippen LogP contribution in [0, 0.1) is 5.92 Å². The van der Waals surface area contributed by atoms with Crippen LogP contribution in [0.5, 0.6) is 46.0 Å².